The van der Waals surface area contributed by atoms with Gasteiger partial charge in [0.25, 0.3) is 0 Å². The molecule has 2 aromatic carbocycles. The van der Waals surface area contributed by atoms with Gasteiger partial charge in [0.2, 0.25) is 20.0 Å². The monoisotopic (exact) mass is 534 g/mol. The lowest BCUT2D eigenvalue weighted by Crippen LogP contribution is -2.47. The molecular formula is C21H28Cl2N4O4S2. The number of sulfonamides is 2. The van der Waals surface area contributed by atoms with E-state index in [1.165, 1.54) is 8.61 Å². The maximum absolute atomic E-state index is 12.3. The molecule has 4 rings (SSSR count). The van der Waals surface area contributed by atoms with E-state index >= 15 is 0 Å². The third kappa shape index (κ3) is 6.46. The third-order valence-electron chi connectivity index (χ3n) is 5.45. The molecular weight excluding hydrogens is 507 g/mol. The van der Waals surface area contributed by atoms with Crippen LogP contribution < -0.4 is 5.32 Å². The summed E-state index contributed by atoms with van der Waals surface area (Å²) in [5.74, 6) is 0. The Hall–Kier alpha value is -1.24. The average Bonchev–Trinajstić information content (AvgIpc) is 2.81. The molecule has 0 atom stereocenters. The highest BCUT2D eigenvalue weighted by Crippen LogP contribution is 2.25. The highest BCUT2D eigenvalue weighted by molar-refractivity contribution is 7.89. The van der Waals surface area contributed by atoms with Crippen molar-refractivity contribution in [1.82, 2.24) is 18.8 Å². The first kappa shape index (κ1) is 26.4. The second-order valence-corrected chi connectivity index (χ2v) is 12.3. The van der Waals surface area contributed by atoms with Crippen LogP contribution in [0.1, 0.15) is 0 Å². The number of hydrogen-bond acceptors (Lipinski definition) is 6. The molecule has 0 spiro atoms. The van der Waals surface area contributed by atoms with Crippen LogP contribution in [0.25, 0.3) is 0 Å². The van der Waals surface area contributed by atoms with Crippen molar-refractivity contribution in [2.24, 2.45) is 0 Å². The number of benzene rings is 2. The minimum atomic E-state index is -3.44. The maximum Gasteiger partial charge on any atom is 0.244 e. The molecule has 0 unspecified atom stereocenters. The molecule has 0 aliphatic carbocycles. The molecule has 2 aromatic rings. The quantitative estimate of drug-likeness (QED) is 0.646. The fourth-order valence-corrected chi connectivity index (χ4v) is 7.35. The maximum atomic E-state index is 12.3. The van der Waals surface area contributed by atoms with Crippen molar-refractivity contribution in [2.45, 2.75) is 9.79 Å². The number of likely N-dealkylation sites (N-methyl/N-ethyl adjacent to an activating group) is 1. The molecule has 2 saturated heterocycles. The number of nitrogens with one attached hydrogen (secondary N) is 1. The Morgan fingerprint density at radius 2 is 1.06 bits per heavy atom. The normalized spacial score (nSPS) is 19.0. The molecule has 0 radical (unpaired) electrons. The fraction of sp³-hybridized carbons (Fsp3) is 0.429. The van der Waals surface area contributed by atoms with Crippen LogP contribution in [0.3, 0.4) is 0 Å². The van der Waals surface area contributed by atoms with E-state index in [-0.39, 0.29) is 19.8 Å². The Labute approximate surface area is 206 Å². The van der Waals surface area contributed by atoms with Crippen LogP contribution in [0, 0.1) is 0 Å². The minimum absolute atomic E-state index is 0.193. The molecule has 2 heterocycles. The zero-order valence-electron chi connectivity index (χ0n) is 18.3. The fourth-order valence-electron chi connectivity index (χ4n) is 3.50. The van der Waals surface area contributed by atoms with Gasteiger partial charge in [0, 0.05) is 52.4 Å². The van der Waals surface area contributed by atoms with Crippen molar-refractivity contribution in [1.29, 1.82) is 0 Å². The van der Waals surface area contributed by atoms with Crippen molar-refractivity contribution in [3.05, 3.63) is 58.6 Å². The highest BCUT2D eigenvalue weighted by atomic mass is 35.5. The molecule has 2 fully saturated rings. The molecule has 2 aliphatic heterocycles. The summed E-state index contributed by atoms with van der Waals surface area (Å²) in [5.41, 5.74) is 0. The SMILES string of the molecule is CN1CCN(S(=O)(=O)c2ccccc2Cl)CC1.O=S(=O)(c1ccccc1Cl)N1CCNCC1. The van der Waals surface area contributed by atoms with Gasteiger partial charge in [-0.05, 0) is 31.3 Å². The number of piperazine rings is 2. The summed E-state index contributed by atoms with van der Waals surface area (Å²) in [6.45, 7) is 4.90. The van der Waals surface area contributed by atoms with Crippen molar-refractivity contribution < 1.29 is 16.8 Å². The summed E-state index contributed by atoms with van der Waals surface area (Å²) in [4.78, 5) is 2.50. The van der Waals surface area contributed by atoms with Gasteiger partial charge >= 0.3 is 0 Å². The van der Waals surface area contributed by atoms with E-state index < -0.39 is 20.0 Å². The Morgan fingerprint density at radius 1 is 0.667 bits per heavy atom. The van der Waals surface area contributed by atoms with Crippen molar-refractivity contribution in [2.75, 3.05) is 59.4 Å². The van der Waals surface area contributed by atoms with Gasteiger partial charge in [0.15, 0.2) is 0 Å². The zero-order chi connectivity index (χ0) is 24.1. The molecule has 0 amide bonds. The first-order valence-corrected chi connectivity index (χ1v) is 14.2. The van der Waals surface area contributed by atoms with Gasteiger partial charge in [-0.15, -0.1) is 0 Å². The lowest BCUT2D eigenvalue weighted by atomic mass is 10.4. The van der Waals surface area contributed by atoms with Gasteiger partial charge in [-0.3, -0.25) is 0 Å². The largest absolute Gasteiger partial charge is 0.314 e. The second-order valence-electron chi connectivity index (χ2n) is 7.72. The first-order chi connectivity index (χ1) is 15.6. The van der Waals surface area contributed by atoms with Gasteiger partial charge < -0.3 is 10.2 Å². The van der Waals surface area contributed by atoms with E-state index in [4.69, 9.17) is 23.2 Å². The zero-order valence-corrected chi connectivity index (χ0v) is 21.5. The van der Waals surface area contributed by atoms with Crippen LogP contribution >= 0.6 is 23.2 Å². The Kier molecular flexibility index (Phi) is 9.16. The van der Waals surface area contributed by atoms with E-state index in [2.05, 4.69) is 10.2 Å². The molecule has 1 N–H and O–H groups in total. The van der Waals surface area contributed by atoms with Crippen LogP contribution in [0.2, 0.25) is 10.0 Å². The van der Waals surface area contributed by atoms with E-state index in [9.17, 15) is 16.8 Å². The summed E-state index contributed by atoms with van der Waals surface area (Å²) in [7, 11) is -4.89. The number of halogens is 2. The van der Waals surface area contributed by atoms with Crippen LogP contribution in [0.4, 0.5) is 0 Å². The number of rotatable bonds is 4. The van der Waals surface area contributed by atoms with Gasteiger partial charge in [0.1, 0.15) is 9.79 Å². The standard InChI is InChI=1S/C11H15ClN2O2S.C10H13ClN2O2S/c1-13-6-8-14(9-7-13)17(15,16)11-5-3-2-4-10(11)12;11-9-3-1-2-4-10(9)16(14,15)13-7-5-12-6-8-13/h2-5H,6-9H2,1H3;1-4,12H,5-8H2. The minimum Gasteiger partial charge on any atom is -0.314 e. The third-order valence-corrected chi connectivity index (χ3v) is 10.2. The van der Waals surface area contributed by atoms with Crippen molar-refractivity contribution >= 4 is 43.2 Å². The Balaban J connectivity index is 0.000000186. The predicted molar refractivity (Wildman–Crippen MR) is 131 cm³/mol. The first-order valence-electron chi connectivity index (χ1n) is 10.5. The molecule has 182 valence electrons. The summed E-state index contributed by atoms with van der Waals surface area (Å²) < 4.78 is 52.1. The Bertz CT molecular complexity index is 1150. The van der Waals surface area contributed by atoms with Gasteiger partial charge in [0.05, 0.1) is 10.0 Å². The van der Waals surface area contributed by atoms with E-state index in [0.29, 0.717) is 39.3 Å². The summed E-state index contributed by atoms with van der Waals surface area (Å²) in [6, 6.07) is 13.1. The van der Waals surface area contributed by atoms with Crippen LogP contribution in [-0.2, 0) is 20.0 Å². The number of hydrogen-bond donors (Lipinski definition) is 1. The van der Waals surface area contributed by atoms with E-state index in [1.807, 2.05) is 7.05 Å². The van der Waals surface area contributed by atoms with Crippen molar-refractivity contribution in [3.8, 4) is 0 Å². The molecule has 12 heteroatoms. The lowest BCUT2D eigenvalue weighted by Gasteiger charge is -2.31. The van der Waals surface area contributed by atoms with Gasteiger partial charge in [-0.1, -0.05) is 47.5 Å². The van der Waals surface area contributed by atoms with Gasteiger partial charge in [-0.25, -0.2) is 16.8 Å². The number of nitrogens with zero attached hydrogens (tertiary/aromatic N) is 3. The summed E-state index contributed by atoms with van der Waals surface area (Å²) in [6.07, 6.45) is 0. The molecule has 0 saturated carbocycles. The summed E-state index contributed by atoms with van der Waals surface area (Å²) in [5, 5.41) is 3.68. The highest BCUT2D eigenvalue weighted by Gasteiger charge is 2.29. The van der Waals surface area contributed by atoms with Crippen LogP contribution in [0.5, 0.6) is 0 Å². The topological polar surface area (TPSA) is 90.0 Å². The van der Waals surface area contributed by atoms with E-state index in [0.717, 1.165) is 13.1 Å². The second kappa shape index (κ2) is 11.5. The lowest BCUT2D eigenvalue weighted by molar-refractivity contribution is 0.222. The Morgan fingerprint density at radius 3 is 1.48 bits per heavy atom. The molecule has 0 aromatic heterocycles. The van der Waals surface area contributed by atoms with Gasteiger partial charge in [-0.2, -0.15) is 8.61 Å². The predicted octanol–water partition coefficient (Wildman–Crippen LogP) is 2.21. The summed E-state index contributed by atoms with van der Waals surface area (Å²) >= 11 is 11.8. The van der Waals surface area contributed by atoms with E-state index in [1.54, 1.807) is 48.5 Å². The molecule has 8 nitrogen and oxygen atoms in total. The van der Waals surface area contributed by atoms with Crippen LogP contribution in [0.15, 0.2) is 58.3 Å². The molecule has 2 aliphatic rings. The smallest absolute Gasteiger partial charge is 0.244 e. The molecule has 0 bridgehead atoms. The molecule has 33 heavy (non-hydrogen) atoms. The van der Waals surface area contributed by atoms with Crippen LogP contribution in [-0.4, -0.2) is 89.8 Å². The average molecular weight is 536 g/mol. The van der Waals surface area contributed by atoms with Crippen molar-refractivity contribution in [3.63, 3.8) is 0 Å².